The van der Waals surface area contributed by atoms with Gasteiger partial charge in [0.05, 0.1) is 4.92 Å². The minimum absolute atomic E-state index is 0. The highest BCUT2D eigenvalue weighted by molar-refractivity contribution is 5.85. The van der Waals surface area contributed by atoms with E-state index in [2.05, 4.69) is 24.1 Å². The van der Waals surface area contributed by atoms with Gasteiger partial charge < -0.3 is 5.32 Å². The highest BCUT2D eigenvalue weighted by Crippen LogP contribution is 2.31. The summed E-state index contributed by atoms with van der Waals surface area (Å²) in [5, 5.41) is 14.3. The largest absolute Gasteiger partial charge is 0.314 e. The number of nitro benzene ring substituents is 1. The molecule has 0 aromatic heterocycles. The maximum absolute atomic E-state index is 13.6. The maximum atomic E-state index is 13.6. The van der Waals surface area contributed by atoms with Crippen LogP contribution in [-0.4, -0.2) is 36.0 Å². The van der Waals surface area contributed by atoms with Crippen LogP contribution in [0.25, 0.3) is 0 Å². The first kappa shape index (κ1) is 23.1. The Hall–Kier alpha value is -0.950. The van der Waals surface area contributed by atoms with Crippen LogP contribution in [0.4, 0.5) is 10.1 Å². The SMILES string of the molecule is CC(C)CC[C@@H](c1ccc(F)c([N+](=O)[O-])c1)N1CCNCC1.Cl.Cl. The van der Waals surface area contributed by atoms with Gasteiger partial charge in [0.25, 0.3) is 0 Å². The summed E-state index contributed by atoms with van der Waals surface area (Å²) in [6.45, 7) is 7.99. The fourth-order valence-electron chi connectivity index (χ4n) is 2.92. The molecule has 1 fully saturated rings. The minimum Gasteiger partial charge on any atom is -0.314 e. The summed E-state index contributed by atoms with van der Waals surface area (Å²) in [4.78, 5) is 12.7. The second kappa shape index (κ2) is 10.8. The molecule has 0 spiro atoms. The zero-order chi connectivity index (χ0) is 16.1. The number of nitro groups is 1. The van der Waals surface area contributed by atoms with Gasteiger partial charge in [-0.25, -0.2) is 0 Å². The zero-order valence-corrected chi connectivity index (χ0v) is 15.7. The predicted octanol–water partition coefficient (Wildman–Crippen LogP) is 3.96. The highest BCUT2D eigenvalue weighted by atomic mass is 35.5. The van der Waals surface area contributed by atoms with E-state index in [0.717, 1.165) is 44.6 Å². The normalized spacial score (nSPS) is 16.2. The first-order valence-corrected chi connectivity index (χ1v) is 7.87. The van der Waals surface area contributed by atoms with E-state index in [1.165, 1.54) is 12.1 Å². The van der Waals surface area contributed by atoms with E-state index in [1.807, 2.05) is 0 Å². The molecule has 5 nitrogen and oxygen atoms in total. The smallest absolute Gasteiger partial charge is 0.305 e. The molecule has 138 valence electrons. The van der Waals surface area contributed by atoms with Gasteiger partial charge in [-0.15, -0.1) is 24.8 Å². The van der Waals surface area contributed by atoms with Gasteiger partial charge in [-0.3, -0.25) is 15.0 Å². The second-order valence-electron chi connectivity index (χ2n) is 6.24. The molecule has 0 radical (unpaired) electrons. The van der Waals surface area contributed by atoms with Crippen LogP contribution in [0.1, 0.15) is 38.3 Å². The van der Waals surface area contributed by atoms with Crippen LogP contribution >= 0.6 is 24.8 Å². The first-order valence-electron chi connectivity index (χ1n) is 7.87. The Morgan fingerprint density at radius 2 is 1.88 bits per heavy atom. The first-order chi connectivity index (χ1) is 10.5. The average Bonchev–Trinajstić information content (AvgIpc) is 2.49. The summed E-state index contributed by atoms with van der Waals surface area (Å²) in [5.74, 6) is -0.197. The minimum atomic E-state index is -0.767. The third-order valence-electron chi connectivity index (χ3n) is 4.16. The Bertz CT molecular complexity index is 526. The lowest BCUT2D eigenvalue weighted by atomic mass is 9.95. The van der Waals surface area contributed by atoms with Crippen molar-refractivity contribution in [1.82, 2.24) is 10.2 Å². The zero-order valence-electron chi connectivity index (χ0n) is 14.0. The Morgan fingerprint density at radius 1 is 1.25 bits per heavy atom. The number of hydrogen-bond donors (Lipinski definition) is 1. The maximum Gasteiger partial charge on any atom is 0.305 e. The molecular formula is C16H26Cl2FN3O2. The summed E-state index contributed by atoms with van der Waals surface area (Å²) in [6.07, 6.45) is 1.97. The van der Waals surface area contributed by atoms with Gasteiger partial charge >= 0.3 is 5.69 Å². The number of halogens is 3. The Kier molecular flexibility index (Phi) is 10.4. The topological polar surface area (TPSA) is 58.4 Å². The standard InChI is InChI=1S/C16H24FN3O2.2ClH/c1-12(2)3-6-15(19-9-7-18-8-10-19)13-4-5-14(17)16(11-13)20(21)22;;/h4-5,11-12,15,18H,3,6-10H2,1-2H3;2*1H/t15-;;/m0../s1. The monoisotopic (exact) mass is 381 g/mol. The van der Waals surface area contributed by atoms with Gasteiger partial charge in [0.1, 0.15) is 0 Å². The van der Waals surface area contributed by atoms with Crippen molar-refractivity contribution < 1.29 is 9.31 Å². The number of benzene rings is 1. The molecule has 0 amide bonds. The van der Waals surface area contributed by atoms with E-state index >= 15 is 0 Å². The van der Waals surface area contributed by atoms with Crippen LogP contribution in [-0.2, 0) is 0 Å². The van der Waals surface area contributed by atoms with Crippen molar-refractivity contribution in [1.29, 1.82) is 0 Å². The van der Waals surface area contributed by atoms with E-state index < -0.39 is 16.4 Å². The van der Waals surface area contributed by atoms with Crippen molar-refractivity contribution in [3.8, 4) is 0 Å². The molecule has 24 heavy (non-hydrogen) atoms. The summed E-state index contributed by atoms with van der Waals surface area (Å²) in [6, 6.07) is 4.43. The molecule has 0 aliphatic carbocycles. The Labute approximate surface area is 155 Å². The molecule has 0 unspecified atom stereocenters. The van der Waals surface area contributed by atoms with Crippen LogP contribution in [0.15, 0.2) is 18.2 Å². The number of hydrogen-bond acceptors (Lipinski definition) is 4. The van der Waals surface area contributed by atoms with Crippen molar-refractivity contribution in [2.24, 2.45) is 5.92 Å². The van der Waals surface area contributed by atoms with E-state index in [4.69, 9.17) is 0 Å². The third-order valence-corrected chi connectivity index (χ3v) is 4.16. The summed E-state index contributed by atoms with van der Waals surface area (Å²) < 4.78 is 13.6. The van der Waals surface area contributed by atoms with E-state index in [-0.39, 0.29) is 30.9 Å². The van der Waals surface area contributed by atoms with Gasteiger partial charge in [-0.2, -0.15) is 4.39 Å². The average molecular weight is 382 g/mol. The van der Waals surface area contributed by atoms with Gasteiger partial charge in [0.15, 0.2) is 0 Å². The van der Waals surface area contributed by atoms with Crippen molar-refractivity contribution in [3.05, 3.63) is 39.7 Å². The molecule has 0 saturated carbocycles. The van der Waals surface area contributed by atoms with E-state index in [9.17, 15) is 14.5 Å². The molecule has 8 heteroatoms. The van der Waals surface area contributed by atoms with Crippen molar-refractivity contribution in [2.75, 3.05) is 26.2 Å². The van der Waals surface area contributed by atoms with Crippen LogP contribution in [0, 0.1) is 21.8 Å². The molecule has 1 aliphatic heterocycles. The fraction of sp³-hybridized carbons (Fsp3) is 0.625. The number of nitrogens with one attached hydrogen (secondary N) is 1. The molecule has 0 bridgehead atoms. The van der Waals surface area contributed by atoms with Crippen LogP contribution in [0.3, 0.4) is 0 Å². The summed E-state index contributed by atoms with van der Waals surface area (Å²) >= 11 is 0. The van der Waals surface area contributed by atoms with Crippen LogP contribution in [0.2, 0.25) is 0 Å². The van der Waals surface area contributed by atoms with Gasteiger partial charge in [0, 0.05) is 38.3 Å². The van der Waals surface area contributed by atoms with E-state index in [0.29, 0.717) is 5.92 Å². The summed E-state index contributed by atoms with van der Waals surface area (Å²) in [5.41, 5.74) is 0.415. The number of nitrogens with zero attached hydrogens (tertiary/aromatic N) is 2. The van der Waals surface area contributed by atoms with Crippen molar-refractivity contribution in [2.45, 2.75) is 32.7 Å². The third kappa shape index (κ3) is 6.16. The molecule has 1 saturated heterocycles. The molecule has 1 heterocycles. The molecule has 2 rings (SSSR count). The molecular weight excluding hydrogens is 356 g/mol. The van der Waals surface area contributed by atoms with Gasteiger partial charge in [-0.1, -0.05) is 19.9 Å². The number of rotatable bonds is 6. The van der Waals surface area contributed by atoms with Crippen LogP contribution < -0.4 is 5.32 Å². The molecule has 1 atom stereocenters. The van der Waals surface area contributed by atoms with Gasteiger partial charge in [0.2, 0.25) is 5.82 Å². The lowest BCUT2D eigenvalue weighted by Gasteiger charge is -2.35. The molecule has 1 aromatic rings. The molecule has 1 aliphatic rings. The fourth-order valence-corrected chi connectivity index (χ4v) is 2.92. The van der Waals surface area contributed by atoms with Crippen molar-refractivity contribution >= 4 is 30.5 Å². The predicted molar refractivity (Wildman–Crippen MR) is 98.8 cm³/mol. The number of piperazine rings is 1. The summed E-state index contributed by atoms with van der Waals surface area (Å²) in [7, 11) is 0. The Balaban J connectivity index is 0.00000264. The lowest BCUT2D eigenvalue weighted by Crippen LogP contribution is -2.45. The lowest BCUT2D eigenvalue weighted by molar-refractivity contribution is -0.387. The molecule has 1 N–H and O–H groups in total. The Morgan fingerprint density at radius 3 is 2.42 bits per heavy atom. The second-order valence-corrected chi connectivity index (χ2v) is 6.24. The quantitative estimate of drug-likeness (QED) is 0.598. The van der Waals surface area contributed by atoms with Crippen molar-refractivity contribution in [3.63, 3.8) is 0 Å². The van der Waals surface area contributed by atoms with Gasteiger partial charge in [-0.05, 0) is 30.4 Å². The highest BCUT2D eigenvalue weighted by Gasteiger charge is 2.25. The van der Waals surface area contributed by atoms with E-state index in [1.54, 1.807) is 6.07 Å². The van der Waals surface area contributed by atoms with Crippen LogP contribution in [0.5, 0.6) is 0 Å². The molecule has 1 aromatic carbocycles.